The summed E-state index contributed by atoms with van der Waals surface area (Å²) >= 11 is 0.794. The van der Waals surface area contributed by atoms with Gasteiger partial charge in [0.1, 0.15) is 6.54 Å². The van der Waals surface area contributed by atoms with E-state index in [0.29, 0.717) is 23.5 Å². The van der Waals surface area contributed by atoms with Crippen molar-refractivity contribution >= 4 is 35.0 Å². The number of imide groups is 1. The summed E-state index contributed by atoms with van der Waals surface area (Å²) in [6.45, 7) is 7.25. The first-order chi connectivity index (χ1) is 13.8. The molecule has 0 N–H and O–H groups in total. The van der Waals surface area contributed by atoms with Crippen LogP contribution in [-0.4, -0.2) is 47.9 Å². The molecule has 158 valence electrons. The Kier molecular flexibility index (Phi) is 8.13. The highest BCUT2D eigenvalue weighted by Crippen LogP contribution is 2.35. The van der Waals surface area contributed by atoms with Gasteiger partial charge in [-0.1, -0.05) is 19.9 Å². The molecule has 8 heteroatoms. The normalized spacial score (nSPS) is 17.4. The van der Waals surface area contributed by atoms with Gasteiger partial charge in [0.05, 0.1) is 24.2 Å². The molecule has 1 aliphatic heterocycles. The highest BCUT2D eigenvalue weighted by molar-refractivity contribution is 8.18. The Balaban J connectivity index is 2.15. The second kappa shape index (κ2) is 10.3. The van der Waals surface area contributed by atoms with Crippen molar-refractivity contribution < 1.29 is 28.6 Å². The van der Waals surface area contributed by atoms with Crippen LogP contribution in [0, 0.1) is 0 Å². The summed E-state index contributed by atoms with van der Waals surface area (Å²) in [6.07, 6.45) is 2.90. The Bertz CT molecular complexity index is 806. The van der Waals surface area contributed by atoms with Crippen LogP contribution < -0.4 is 9.47 Å². The molecule has 1 saturated heterocycles. The number of thioether (sulfide) groups is 1. The molecule has 29 heavy (non-hydrogen) atoms. The Morgan fingerprint density at radius 1 is 1.14 bits per heavy atom. The number of ether oxygens (including phenoxy) is 3. The molecule has 0 radical (unpaired) electrons. The van der Waals surface area contributed by atoms with Crippen molar-refractivity contribution in [3.05, 3.63) is 28.7 Å². The molecule has 0 aromatic heterocycles. The molecule has 2 atom stereocenters. The number of benzene rings is 1. The lowest BCUT2D eigenvalue weighted by molar-refractivity contribution is -0.150. The molecule has 0 bridgehead atoms. The fourth-order valence-electron chi connectivity index (χ4n) is 2.43. The fraction of sp³-hybridized carbons (Fsp3) is 0.476. The zero-order valence-electron chi connectivity index (χ0n) is 17.4. The summed E-state index contributed by atoms with van der Waals surface area (Å²) in [5.41, 5.74) is 0.686. The van der Waals surface area contributed by atoms with E-state index in [2.05, 4.69) is 0 Å². The number of hydrogen-bond donors (Lipinski definition) is 0. The van der Waals surface area contributed by atoms with E-state index in [-0.39, 0.29) is 17.1 Å². The van der Waals surface area contributed by atoms with Crippen LogP contribution in [0.3, 0.4) is 0 Å². The summed E-state index contributed by atoms with van der Waals surface area (Å²) in [5, 5.41) is -0.494. The van der Waals surface area contributed by atoms with E-state index < -0.39 is 23.7 Å². The third kappa shape index (κ3) is 6.00. The lowest BCUT2D eigenvalue weighted by Crippen LogP contribution is -2.35. The first-order valence-corrected chi connectivity index (χ1v) is 10.4. The van der Waals surface area contributed by atoms with Crippen LogP contribution in [0.15, 0.2) is 23.1 Å². The van der Waals surface area contributed by atoms with Gasteiger partial charge in [-0.25, -0.2) is 0 Å². The SMILES string of the molecule is CC[C@@H](C)OC(=O)CN1C(=O)S/C(=C\c2ccc(O[C@H](C)CC)c(OC)c2)C1=O. The summed E-state index contributed by atoms with van der Waals surface area (Å²) in [5.74, 6) is 0.0337. The first kappa shape index (κ1) is 22.8. The number of nitrogens with zero attached hydrogens (tertiary/aromatic N) is 1. The zero-order chi connectivity index (χ0) is 21.6. The van der Waals surface area contributed by atoms with E-state index in [1.54, 1.807) is 38.3 Å². The molecule has 1 heterocycles. The topological polar surface area (TPSA) is 82.1 Å². The van der Waals surface area contributed by atoms with Crippen LogP contribution in [0.5, 0.6) is 11.5 Å². The van der Waals surface area contributed by atoms with Crippen LogP contribution in [0.1, 0.15) is 46.1 Å². The molecule has 0 aliphatic carbocycles. The predicted molar refractivity (Wildman–Crippen MR) is 112 cm³/mol. The maximum atomic E-state index is 12.6. The third-order valence-electron chi connectivity index (χ3n) is 4.46. The van der Waals surface area contributed by atoms with E-state index in [9.17, 15) is 14.4 Å². The standard InChI is InChI=1S/C21H27NO6S/c1-6-13(3)27-16-9-8-15(10-17(16)26-5)11-18-20(24)22(21(25)29-18)12-19(23)28-14(4)7-2/h8-11,13-14H,6-7,12H2,1-5H3/b18-11-/t13-,14-/m1/s1. The average molecular weight is 422 g/mol. The highest BCUT2D eigenvalue weighted by atomic mass is 32.2. The lowest BCUT2D eigenvalue weighted by Gasteiger charge is -2.16. The van der Waals surface area contributed by atoms with Gasteiger partial charge in [0, 0.05) is 0 Å². The zero-order valence-corrected chi connectivity index (χ0v) is 18.2. The van der Waals surface area contributed by atoms with Gasteiger partial charge in [0.25, 0.3) is 11.1 Å². The molecular weight excluding hydrogens is 394 g/mol. The average Bonchev–Trinajstić information content (AvgIpc) is 2.95. The Morgan fingerprint density at radius 3 is 2.45 bits per heavy atom. The van der Waals surface area contributed by atoms with Crippen LogP contribution in [0.2, 0.25) is 0 Å². The summed E-state index contributed by atoms with van der Waals surface area (Å²) < 4.78 is 16.4. The van der Waals surface area contributed by atoms with Crippen molar-refractivity contribution in [1.82, 2.24) is 4.90 Å². The number of esters is 1. The lowest BCUT2D eigenvalue weighted by atomic mass is 10.1. The second-order valence-electron chi connectivity index (χ2n) is 6.72. The summed E-state index contributed by atoms with van der Waals surface area (Å²) in [4.78, 5) is 37.8. The van der Waals surface area contributed by atoms with Gasteiger partial charge >= 0.3 is 5.97 Å². The van der Waals surface area contributed by atoms with Crippen LogP contribution in [0.25, 0.3) is 6.08 Å². The van der Waals surface area contributed by atoms with Gasteiger partial charge in [-0.3, -0.25) is 19.3 Å². The minimum Gasteiger partial charge on any atom is -0.493 e. The minimum atomic E-state index is -0.601. The van der Waals surface area contributed by atoms with E-state index in [4.69, 9.17) is 14.2 Å². The van der Waals surface area contributed by atoms with Crippen LogP contribution in [0.4, 0.5) is 4.79 Å². The van der Waals surface area contributed by atoms with Gasteiger partial charge in [0.2, 0.25) is 0 Å². The molecule has 0 saturated carbocycles. The van der Waals surface area contributed by atoms with E-state index >= 15 is 0 Å². The van der Waals surface area contributed by atoms with E-state index in [0.717, 1.165) is 23.1 Å². The first-order valence-electron chi connectivity index (χ1n) is 9.58. The Hall–Kier alpha value is -2.48. The van der Waals surface area contributed by atoms with Gasteiger partial charge in [-0.05, 0) is 62.2 Å². The maximum absolute atomic E-state index is 12.6. The van der Waals surface area contributed by atoms with E-state index in [1.807, 2.05) is 20.8 Å². The molecule has 1 aromatic rings. The van der Waals surface area contributed by atoms with Crippen molar-refractivity contribution in [3.63, 3.8) is 0 Å². The van der Waals surface area contributed by atoms with Crippen LogP contribution in [-0.2, 0) is 14.3 Å². The number of carbonyl (C=O) groups is 3. The van der Waals surface area contributed by atoms with Crippen molar-refractivity contribution in [3.8, 4) is 11.5 Å². The van der Waals surface area contributed by atoms with Crippen molar-refractivity contribution in [2.75, 3.05) is 13.7 Å². The molecule has 0 spiro atoms. The molecule has 2 rings (SSSR count). The molecule has 7 nitrogen and oxygen atoms in total. The highest BCUT2D eigenvalue weighted by Gasteiger charge is 2.36. The van der Waals surface area contributed by atoms with Gasteiger partial charge in [0.15, 0.2) is 11.5 Å². The van der Waals surface area contributed by atoms with E-state index in [1.165, 1.54) is 0 Å². The Labute approximate surface area is 175 Å². The molecule has 1 aromatic carbocycles. The third-order valence-corrected chi connectivity index (χ3v) is 5.36. The van der Waals surface area contributed by atoms with Gasteiger partial charge in [-0.15, -0.1) is 0 Å². The number of carbonyl (C=O) groups excluding carboxylic acids is 3. The second-order valence-corrected chi connectivity index (χ2v) is 7.72. The molecule has 1 fully saturated rings. The minimum absolute atomic E-state index is 0.0430. The van der Waals surface area contributed by atoms with Crippen molar-refractivity contribution in [1.29, 1.82) is 0 Å². The fourth-order valence-corrected chi connectivity index (χ4v) is 3.27. The number of amides is 2. The van der Waals surface area contributed by atoms with Gasteiger partial charge < -0.3 is 14.2 Å². The molecule has 0 unspecified atom stereocenters. The molecular formula is C21H27NO6S. The van der Waals surface area contributed by atoms with Gasteiger partial charge in [-0.2, -0.15) is 0 Å². The predicted octanol–water partition coefficient (Wildman–Crippen LogP) is 4.25. The largest absolute Gasteiger partial charge is 0.493 e. The smallest absolute Gasteiger partial charge is 0.326 e. The molecule has 1 aliphatic rings. The van der Waals surface area contributed by atoms with Crippen molar-refractivity contribution in [2.24, 2.45) is 0 Å². The van der Waals surface area contributed by atoms with Crippen LogP contribution >= 0.6 is 11.8 Å². The van der Waals surface area contributed by atoms with Crippen molar-refractivity contribution in [2.45, 2.75) is 52.7 Å². The summed E-state index contributed by atoms with van der Waals surface area (Å²) in [6, 6.07) is 5.29. The Morgan fingerprint density at radius 2 is 1.83 bits per heavy atom. The maximum Gasteiger partial charge on any atom is 0.326 e. The summed E-state index contributed by atoms with van der Waals surface area (Å²) in [7, 11) is 1.54. The monoisotopic (exact) mass is 421 g/mol. The number of rotatable bonds is 9. The quantitative estimate of drug-likeness (QED) is 0.435. The molecule has 2 amide bonds. The number of hydrogen-bond acceptors (Lipinski definition) is 7. The number of methoxy groups -OCH3 is 1.